The Labute approximate surface area is 120 Å². The van der Waals surface area contributed by atoms with Gasteiger partial charge in [0, 0.05) is 0 Å². The summed E-state index contributed by atoms with van der Waals surface area (Å²) < 4.78 is 0. The van der Waals surface area contributed by atoms with Crippen LogP contribution in [-0.4, -0.2) is 54.0 Å². The van der Waals surface area contributed by atoms with E-state index in [4.69, 9.17) is 15.3 Å². The molecule has 0 saturated carbocycles. The fourth-order valence-electron chi connectivity index (χ4n) is 0. The molecule has 0 aromatic carbocycles. The Morgan fingerprint density at radius 1 is 1.29 bits per heavy atom. The normalized spacial score (nSPS) is 3.43. The third-order valence-corrected chi connectivity index (χ3v) is 0. The predicted molar refractivity (Wildman–Crippen MR) is 16.1 cm³/mol. The maximum atomic E-state index is 8.25. The van der Waals surface area contributed by atoms with Crippen molar-refractivity contribution in [3.63, 3.8) is 0 Å². The Morgan fingerprint density at radius 3 is 1.29 bits per heavy atom. The molecule has 0 fully saturated rings. The summed E-state index contributed by atoms with van der Waals surface area (Å²) in [5.41, 5.74) is 0. The zero-order valence-electron chi connectivity index (χ0n) is 3.76. The number of nitrogens with zero attached hydrogens (tertiary/aromatic N) is 1. The van der Waals surface area contributed by atoms with Crippen LogP contribution in [0, 0.1) is 15.3 Å². The zero-order valence-corrected chi connectivity index (χ0v) is 12.4. The zero-order chi connectivity index (χ0) is 3.58. The van der Waals surface area contributed by atoms with Crippen molar-refractivity contribution in [3.05, 3.63) is 15.3 Å². The van der Waals surface area contributed by atoms with Gasteiger partial charge in [-0.1, -0.05) is 0 Å². The molecule has 0 spiro atoms. The van der Waals surface area contributed by atoms with Crippen molar-refractivity contribution in [3.8, 4) is 0 Å². The molecular weight excluding hydrogens is 349 g/mol. The summed E-state index contributed by atoms with van der Waals surface area (Å²) in [5.74, 6) is 0. The maximum absolute atomic E-state index is 8.25. The van der Waals surface area contributed by atoms with Crippen molar-refractivity contribution in [1.82, 2.24) is 0 Å². The summed E-state index contributed by atoms with van der Waals surface area (Å²) >= 11 is 0. The first-order valence-corrected chi connectivity index (χ1v) is 0.548. The third kappa shape index (κ3) is 57.4. The van der Waals surface area contributed by atoms with E-state index in [2.05, 4.69) is 0 Å². The van der Waals surface area contributed by atoms with Gasteiger partial charge in [-0.3, -0.25) is 0 Å². The Kier molecular flexibility index (Phi) is 51.2. The van der Waals surface area contributed by atoms with Crippen LogP contribution in [0.25, 0.3) is 0 Å². The number of hydrogen-bond acceptors (Lipinski definition) is 3. The molecule has 0 unspecified atom stereocenters. The van der Waals surface area contributed by atoms with Crippen molar-refractivity contribution in [2.24, 2.45) is 0 Å². The van der Waals surface area contributed by atoms with Crippen LogP contribution >= 0.6 is 0 Å². The molecule has 0 aliphatic carbocycles. The van der Waals surface area contributed by atoms with Crippen LogP contribution in [0.15, 0.2) is 0 Å². The van der Waals surface area contributed by atoms with Gasteiger partial charge in [-0.2, -0.15) is 0 Å². The van der Waals surface area contributed by atoms with Gasteiger partial charge in [0.15, 0.2) is 0 Å². The van der Waals surface area contributed by atoms with E-state index in [9.17, 15) is 0 Å². The molecule has 0 heterocycles. The second-order valence-electron chi connectivity index (χ2n) is 0.224. The molecule has 0 saturated heterocycles. The standard InChI is InChI=1S/Ba.HI.NO3.Na/c;;2-1(3)4;/h;1H;;/q+2;;-1;+1/p-1. The van der Waals surface area contributed by atoms with Crippen LogP contribution in [0.4, 0.5) is 0 Å². The molecule has 0 aromatic rings. The molecule has 0 amide bonds. The van der Waals surface area contributed by atoms with Crippen molar-refractivity contribution in [1.29, 1.82) is 0 Å². The Bertz CT molecular complexity index is 37.9. The van der Waals surface area contributed by atoms with Crippen LogP contribution < -0.4 is 53.5 Å². The van der Waals surface area contributed by atoms with Gasteiger partial charge in [0.25, 0.3) is 0 Å². The molecular formula is BaINNaO3+. The van der Waals surface area contributed by atoms with E-state index in [-0.39, 0.29) is 102 Å². The summed E-state index contributed by atoms with van der Waals surface area (Å²) in [6, 6.07) is 0. The van der Waals surface area contributed by atoms with Crippen LogP contribution in [0.2, 0.25) is 0 Å². The average Bonchev–Trinajstić information content (AvgIpc) is 0.811. The minimum Gasteiger partial charge on any atom is -1.00 e. The minimum atomic E-state index is -1.75. The number of hydrogen-bond donors (Lipinski definition) is 0. The largest absolute Gasteiger partial charge is 2.00 e. The first-order valence-electron chi connectivity index (χ1n) is 0.548. The molecule has 0 radical (unpaired) electrons. The molecule has 0 bridgehead atoms. The van der Waals surface area contributed by atoms with Crippen molar-refractivity contribution < 1.29 is 58.6 Å². The second kappa shape index (κ2) is 15.8. The SMILES string of the molecule is O=[N+]([O-])[O-].[Ba+2].[I-].[Na+]. The van der Waals surface area contributed by atoms with Gasteiger partial charge in [0.05, 0.1) is 5.09 Å². The summed E-state index contributed by atoms with van der Waals surface area (Å²) in [4.78, 5) is 8.25. The smallest absolute Gasteiger partial charge is 1.00 e. The van der Waals surface area contributed by atoms with E-state index in [0.717, 1.165) is 0 Å². The van der Waals surface area contributed by atoms with Gasteiger partial charge in [-0.05, 0) is 0 Å². The molecule has 0 aliphatic heterocycles. The summed E-state index contributed by atoms with van der Waals surface area (Å²) in [5, 5.41) is 14.8. The van der Waals surface area contributed by atoms with E-state index in [1.165, 1.54) is 0 Å². The van der Waals surface area contributed by atoms with Crippen molar-refractivity contribution in [2.45, 2.75) is 0 Å². The quantitative estimate of drug-likeness (QED) is 0.189. The van der Waals surface area contributed by atoms with Crippen LogP contribution in [0.5, 0.6) is 0 Å². The van der Waals surface area contributed by atoms with Crippen LogP contribution in [0.3, 0.4) is 0 Å². The maximum Gasteiger partial charge on any atom is 2.00 e. The van der Waals surface area contributed by atoms with Gasteiger partial charge in [-0.15, -0.1) is 0 Å². The molecule has 7 heavy (non-hydrogen) atoms. The molecule has 4 nitrogen and oxygen atoms in total. The fraction of sp³-hybridized carbons (Fsp3) is 0. The van der Waals surface area contributed by atoms with E-state index >= 15 is 0 Å². The first kappa shape index (κ1) is 22.7. The number of halogens is 1. The van der Waals surface area contributed by atoms with Crippen molar-refractivity contribution >= 4 is 48.9 Å². The first-order chi connectivity index (χ1) is 1.73. The molecule has 0 N–H and O–H groups in total. The van der Waals surface area contributed by atoms with Crippen molar-refractivity contribution in [2.75, 3.05) is 0 Å². The average molecular weight is 349 g/mol. The third-order valence-electron chi connectivity index (χ3n) is 0. The van der Waals surface area contributed by atoms with E-state index in [1.807, 2.05) is 0 Å². The van der Waals surface area contributed by atoms with Gasteiger partial charge in [-0.25, -0.2) is 0 Å². The Morgan fingerprint density at radius 2 is 1.29 bits per heavy atom. The van der Waals surface area contributed by atoms with E-state index in [1.54, 1.807) is 0 Å². The van der Waals surface area contributed by atoms with Crippen LogP contribution in [-0.2, 0) is 0 Å². The molecule has 7 heteroatoms. The van der Waals surface area contributed by atoms with Gasteiger partial charge < -0.3 is 39.3 Å². The van der Waals surface area contributed by atoms with Crippen LogP contribution in [0.1, 0.15) is 0 Å². The molecule has 0 rings (SSSR count). The summed E-state index contributed by atoms with van der Waals surface area (Å²) in [7, 11) is 0. The Hall–Kier alpha value is 2.50. The Balaban J connectivity index is -0.0000000150. The van der Waals surface area contributed by atoms with Gasteiger partial charge in [0.2, 0.25) is 0 Å². The minimum absolute atomic E-state index is 0. The fourth-order valence-corrected chi connectivity index (χ4v) is 0. The molecule has 0 aliphatic rings. The monoisotopic (exact) mass is 350 g/mol. The molecule has 32 valence electrons. The summed E-state index contributed by atoms with van der Waals surface area (Å²) in [6.07, 6.45) is 0. The summed E-state index contributed by atoms with van der Waals surface area (Å²) in [6.45, 7) is 0. The predicted octanol–water partition coefficient (Wildman–Crippen LogP) is -6.61. The second-order valence-corrected chi connectivity index (χ2v) is 0.224. The molecule has 0 atom stereocenters. The topological polar surface area (TPSA) is 66.2 Å². The number of rotatable bonds is 0. The van der Waals surface area contributed by atoms with E-state index < -0.39 is 5.09 Å². The molecule has 0 aromatic heterocycles. The van der Waals surface area contributed by atoms with Gasteiger partial charge >= 0.3 is 78.4 Å². The van der Waals surface area contributed by atoms with Gasteiger partial charge in [0.1, 0.15) is 0 Å². The van der Waals surface area contributed by atoms with E-state index in [0.29, 0.717) is 0 Å².